The van der Waals surface area contributed by atoms with Gasteiger partial charge in [-0.2, -0.15) is 11.8 Å². The molecule has 0 radical (unpaired) electrons. The number of nitrogens with zero attached hydrogens (tertiary/aromatic N) is 3. The Labute approximate surface area is 82.0 Å². The third-order valence-corrected chi connectivity index (χ3v) is 3.12. The van der Waals surface area contributed by atoms with Crippen LogP contribution in [-0.4, -0.2) is 21.8 Å². The van der Waals surface area contributed by atoms with Crippen LogP contribution in [0.5, 0.6) is 0 Å². The highest BCUT2D eigenvalue weighted by atomic mass is 32.2. The fourth-order valence-electron chi connectivity index (χ4n) is 1.53. The van der Waals surface area contributed by atoms with Crippen molar-refractivity contribution in [3.8, 4) is 0 Å². The molecule has 68 valence electrons. The Morgan fingerprint density at radius 1 is 1.69 bits per heavy atom. The van der Waals surface area contributed by atoms with Gasteiger partial charge in [0, 0.05) is 24.2 Å². The number of rotatable bonds is 2. The minimum atomic E-state index is 0.582. The number of hydrogen-bond acceptors (Lipinski definition) is 2. The number of thioether (sulfide) groups is 1. The van der Waals surface area contributed by atoms with Crippen LogP contribution in [0.25, 0.3) is 4.85 Å². The highest BCUT2D eigenvalue weighted by Gasteiger charge is 2.13. The molecule has 0 saturated heterocycles. The van der Waals surface area contributed by atoms with E-state index in [0.29, 0.717) is 6.54 Å². The van der Waals surface area contributed by atoms with E-state index in [0.717, 1.165) is 18.7 Å². The van der Waals surface area contributed by atoms with Crippen LogP contribution in [-0.2, 0) is 18.7 Å². The van der Waals surface area contributed by atoms with Gasteiger partial charge in [-0.1, -0.05) is 0 Å². The molecule has 0 atom stereocenters. The van der Waals surface area contributed by atoms with E-state index in [1.54, 1.807) is 0 Å². The Morgan fingerprint density at radius 3 is 3.46 bits per heavy atom. The molecule has 0 aliphatic carbocycles. The zero-order valence-corrected chi connectivity index (χ0v) is 8.18. The summed E-state index contributed by atoms with van der Waals surface area (Å²) in [6.45, 7) is 8.38. The Morgan fingerprint density at radius 2 is 2.62 bits per heavy atom. The third kappa shape index (κ3) is 1.70. The number of fused-ring (bicyclic) bond motifs is 1. The first-order valence-corrected chi connectivity index (χ1v) is 5.51. The molecule has 0 amide bonds. The van der Waals surface area contributed by atoms with Crippen LogP contribution in [0, 0.1) is 6.57 Å². The molecule has 1 aromatic rings. The zero-order chi connectivity index (χ0) is 9.10. The summed E-state index contributed by atoms with van der Waals surface area (Å²) < 4.78 is 2.27. The number of aromatic nitrogens is 2. The summed E-state index contributed by atoms with van der Waals surface area (Å²) in [5.74, 6) is 3.38. The van der Waals surface area contributed by atoms with Gasteiger partial charge in [0.1, 0.15) is 5.82 Å². The van der Waals surface area contributed by atoms with Crippen molar-refractivity contribution >= 4 is 11.8 Å². The summed E-state index contributed by atoms with van der Waals surface area (Å²) in [7, 11) is 0. The van der Waals surface area contributed by atoms with E-state index in [2.05, 4.69) is 14.4 Å². The molecule has 1 aromatic heterocycles. The molecule has 0 aromatic carbocycles. The van der Waals surface area contributed by atoms with Gasteiger partial charge in [0.2, 0.25) is 6.54 Å². The molecule has 0 N–H and O–H groups in total. The molecule has 0 saturated carbocycles. The van der Waals surface area contributed by atoms with Crippen LogP contribution in [0.2, 0.25) is 0 Å². The molecular weight excluding hydrogens is 182 g/mol. The monoisotopic (exact) mass is 193 g/mol. The van der Waals surface area contributed by atoms with Crippen molar-refractivity contribution in [3.63, 3.8) is 0 Å². The van der Waals surface area contributed by atoms with Gasteiger partial charge in [0.25, 0.3) is 0 Å². The molecule has 2 rings (SSSR count). The van der Waals surface area contributed by atoms with Gasteiger partial charge in [0.05, 0.1) is 12.2 Å². The molecule has 3 nitrogen and oxygen atoms in total. The first-order chi connectivity index (χ1) is 6.42. The molecule has 0 spiro atoms. The van der Waals surface area contributed by atoms with Crippen molar-refractivity contribution in [1.29, 1.82) is 0 Å². The van der Waals surface area contributed by atoms with Crippen molar-refractivity contribution in [1.82, 2.24) is 9.55 Å². The molecule has 0 unspecified atom stereocenters. The normalized spacial score (nSPS) is 15.0. The average molecular weight is 193 g/mol. The van der Waals surface area contributed by atoms with E-state index in [9.17, 15) is 0 Å². The summed E-state index contributed by atoms with van der Waals surface area (Å²) in [4.78, 5) is 7.71. The van der Waals surface area contributed by atoms with E-state index in [1.807, 2.05) is 18.0 Å². The summed E-state index contributed by atoms with van der Waals surface area (Å²) in [5, 5.41) is 0. The van der Waals surface area contributed by atoms with E-state index < -0.39 is 0 Å². The molecule has 0 bridgehead atoms. The van der Waals surface area contributed by atoms with E-state index in [-0.39, 0.29) is 0 Å². The lowest BCUT2D eigenvalue weighted by atomic mass is 10.3. The summed E-state index contributed by atoms with van der Waals surface area (Å²) in [5.41, 5.74) is 1.23. The highest BCUT2D eigenvalue weighted by Crippen LogP contribution is 2.19. The molecule has 1 aliphatic rings. The van der Waals surface area contributed by atoms with Gasteiger partial charge in [-0.25, -0.2) is 11.6 Å². The fraction of sp³-hybridized carbons (Fsp3) is 0.556. The lowest BCUT2D eigenvalue weighted by Crippen LogP contribution is -2.13. The zero-order valence-electron chi connectivity index (χ0n) is 7.36. The van der Waals surface area contributed by atoms with Gasteiger partial charge in [-0.05, 0) is 0 Å². The largest absolute Gasteiger partial charge is 0.330 e. The standard InChI is InChI=1S/C9H11N3S/c1-10-3-2-8-6-11-9-7-13-5-4-12(8)9/h6H,2-5,7H2. The minimum Gasteiger partial charge on any atom is -0.330 e. The van der Waals surface area contributed by atoms with Crippen molar-refractivity contribution in [3.05, 3.63) is 29.1 Å². The molecule has 0 fully saturated rings. The Kier molecular flexibility index (Phi) is 2.55. The first-order valence-electron chi connectivity index (χ1n) is 4.36. The summed E-state index contributed by atoms with van der Waals surface area (Å²) in [6, 6.07) is 0. The van der Waals surface area contributed by atoms with E-state index >= 15 is 0 Å². The van der Waals surface area contributed by atoms with Crippen LogP contribution in [0.15, 0.2) is 6.20 Å². The SMILES string of the molecule is [C-]#[N+]CCc1cnc2n1CCSC2. The maximum atomic E-state index is 6.74. The second-order valence-corrected chi connectivity index (χ2v) is 4.11. The molecule has 13 heavy (non-hydrogen) atoms. The molecule has 1 aliphatic heterocycles. The Bertz CT molecular complexity index is 337. The molecular formula is C9H11N3S. The topological polar surface area (TPSA) is 22.2 Å². The van der Waals surface area contributed by atoms with Gasteiger partial charge in [-0.15, -0.1) is 0 Å². The van der Waals surface area contributed by atoms with Gasteiger partial charge in [0.15, 0.2) is 0 Å². The van der Waals surface area contributed by atoms with Crippen LogP contribution in [0.4, 0.5) is 0 Å². The van der Waals surface area contributed by atoms with Crippen molar-refractivity contribution in [2.75, 3.05) is 12.3 Å². The maximum absolute atomic E-state index is 6.74. The van der Waals surface area contributed by atoms with Crippen LogP contribution >= 0.6 is 11.8 Å². The number of hydrogen-bond donors (Lipinski definition) is 0. The highest BCUT2D eigenvalue weighted by molar-refractivity contribution is 7.98. The lowest BCUT2D eigenvalue weighted by molar-refractivity contribution is 0.680. The van der Waals surface area contributed by atoms with Crippen LogP contribution in [0.1, 0.15) is 11.5 Å². The predicted octanol–water partition coefficient (Wildman–Crippen LogP) is 1.59. The maximum Gasteiger partial charge on any atom is 0.220 e. The second-order valence-electron chi connectivity index (χ2n) is 3.00. The van der Waals surface area contributed by atoms with Crippen molar-refractivity contribution < 1.29 is 0 Å². The van der Waals surface area contributed by atoms with E-state index in [4.69, 9.17) is 6.57 Å². The Balaban J connectivity index is 2.18. The van der Waals surface area contributed by atoms with Crippen molar-refractivity contribution in [2.45, 2.75) is 18.7 Å². The fourth-order valence-corrected chi connectivity index (χ4v) is 2.40. The predicted molar refractivity (Wildman–Crippen MR) is 53.6 cm³/mol. The lowest BCUT2D eigenvalue weighted by Gasteiger charge is -2.15. The van der Waals surface area contributed by atoms with Gasteiger partial charge < -0.3 is 9.41 Å². The molecule has 4 heteroatoms. The third-order valence-electron chi connectivity index (χ3n) is 2.19. The smallest absolute Gasteiger partial charge is 0.220 e. The first kappa shape index (κ1) is 8.64. The quantitative estimate of drug-likeness (QED) is 0.665. The second kappa shape index (κ2) is 3.84. The Hall–Kier alpha value is -0.950. The summed E-state index contributed by atoms with van der Waals surface area (Å²) in [6.07, 6.45) is 2.77. The van der Waals surface area contributed by atoms with Gasteiger partial charge >= 0.3 is 0 Å². The van der Waals surface area contributed by atoms with Crippen LogP contribution < -0.4 is 0 Å². The van der Waals surface area contributed by atoms with Gasteiger partial charge in [-0.3, -0.25) is 0 Å². The van der Waals surface area contributed by atoms with Crippen LogP contribution in [0.3, 0.4) is 0 Å². The number of imidazole rings is 1. The summed E-state index contributed by atoms with van der Waals surface area (Å²) >= 11 is 1.93. The molecule has 2 heterocycles. The van der Waals surface area contributed by atoms with Crippen molar-refractivity contribution in [2.24, 2.45) is 0 Å². The average Bonchev–Trinajstić information content (AvgIpc) is 2.58. The van der Waals surface area contributed by atoms with E-state index in [1.165, 1.54) is 17.3 Å². The minimum absolute atomic E-state index is 0.582.